The number of carboxylic acid groups (broad SMARTS) is 1. The first-order valence-corrected chi connectivity index (χ1v) is 6.08. The number of aromatic nitrogens is 2. The molecule has 0 bridgehead atoms. The van der Waals surface area contributed by atoms with Crippen molar-refractivity contribution in [3.05, 3.63) is 52.8 Å². The molecule has 0 radical (unpaired) electrons. The summed E-state index contributed by atoms with van der Waals surface area (Å²) >= 11 is 0. The molecule has 6 heteroatoms. The monoisotopic (exact) mass is 273 g/mol. The fourth-order valence-corrected chi connectivity index (χ4v) is 1.84. The second-order valence-corrected chi connectivity index (χ2v) is 4.50. The van der Waals surface area contributed by atoms with Crippen LogP contribution in [-0.2, 0) is 13.6 Å². The lowest BCUT2D eigenvalue weighted by atomic mass is 10.1. The molecule has 1 aromatic heterocycles. The quantitative estimate of drug-likeness (QED) is 0.880. The van der Waals surface area contributed by atoms with Gasteiger partial charge in [-0.2, -0.15) is 5.10 Å². The molecule has 6 nitrogen and oxygen atoms in total. The summed E-state index contributed by atoms with van der Waals surface area (Å²) in [5.74, 6) is -1.62. The van der Waals surface area contributed by atoms with Gasteiger partial charge in [0.1, 0.15) is 11.3 Å². The van der Waals surface area contributed by atoms with Gasteiger partial charge in [0.15, 0.2) is 0 Å². The summed E-state index contributed by atoms with van der Waals surface area (Å²) in [7, 11) is 1.53. The minimum absolute atomic E-state index is 0.0459. The largest absolute Gasteiger partial charge is 0.478 e. The van der Waals surface area contributed by atoms with Crippen molar-refractivity contribution in [2.75, 3.05) is 0 Å². The van der Waals surface area contributed by atoms with Crippen molar-refractivity contribution in [1.29, 1.82) is 0 Å². The van der Waals surface area contributed by atoms with E-state index in [-0.39, 0.29) is 11.3 Å². The third kappa shape index (κ3) is 2.85. The summed E-state index contributed by atoms with van der Waals surface area (Å²) in [5.41, 5.74) is 2.03. The van der Waals surface area contributed by atoms with Crippen molar-refractivity contribution >= 4 is 11.9 Å². The highest BCUT2D eigenvalue weighted by atomic mass is 16.4. The van der Waals surface area contributed by atoms with E-state index in [1.54, 1.807) is 0 Å². The number of carbonyl (C=O) groups excluding carboxylic acids is 1. The number of carbonyl (C=O) groups is 2. The number of benzene rings is 1. The summed E-state index contributed by atoms with van der Waals surface area (Å²) < 4.78 is 1.26. The van der Waals surface area contributed by atoms with E-state index in [0.717, 1.165) is 11.1 Å². The number of aromatic carboxylic acids is 1. The normalized spacial score (nSPS) is 10.3. The van der Waals surface area contributed by atoms with E-state index in [1.807, 2.05) is 31.2 Å². The van der Waals surface area contributed by atoms with Crippen molar-refractivity contribution in [3.63, 3.8) is 0 Å². The van der Waals surface area contributed by atoms with Crippen LogP contribution in [0.1, 0.15) is 32.0 Å². The van der Waals surface area contributed by atoms with Crippen LogP contribution in [0.2, 0.25) is 0 Å². The number of amides is 1. The minimum Gasteiger partial charge on any atom is -0.478 e. The lowest BCUT2D eigenvalue weighted by Crippen LogP contribution is -2.27. The maximum atomic E-state index is 12.1. The van der Waals surface area contributed by atoms with Gasteiger partial charge in [0, 0.05) is 13.6 Å². The number of hydrogen-bond donors (Lipinski definition) is 2. The summed E-state index contributed by atoms with van der Waals surface area (Å²) in [6, 6.07) is 7.73. The first-order chi connectivity index (χ1) is 9.49. The summed E-state index contributed by atoms with van der Waals surface area (Å²) in [4.78, 5) is 23.1. The van der Waals surface area contributed by atoms with Gasteiger partial charge < -0.3 is 10.4 Å². The molecule has 0 atom stereocenters. The van der Waals surface area contributed by atoms with E-state index in [1.165, 1.54) is 17.9 Å². The average Bonchev–Trinajstić information content (AvgIpc) is 2.80. The number of nitrogens with zero attached hydrogens (tertiary/aromatic N) is 2. The summed E-state index contributed by atoms with van der Waals surface area (Å²) in [6.07, 6.45) is 1.17. The predicted molar refractivity (Wildman–Crippen MR) is 72.5 cm³/mol. The molecular formula is C14H15N3O3. The molecule has 20 heavy (non-hydrogen) atoms. The standard InChI is InChI=1S/C14H15N3O3/c1-9-3-5-10(6-4-9)7-15-13(18)12-11(14(19)20)8-16-17(12)2/h3-6,8H,7H2,1-2H3,(H,15,18)(H,19,20). The van der Waals surface area contributed by atoms with Crippen LogP contribution >= 0.6 is 0 Å². The third-order valence-corrected chi connectivity index (χ3v) is 2.96. The molecule has 0 aliphatic rings. The molecule has 0 saturated heterocycles. The van der Waals surface area contributed by atoms with Gasteiger partial charge in [0.2, 0.25) is 0 Å². The van der Waals surface area contributed by atoms with Gasteiger partial charge in [-0.1, -0.05) is 29.8 Å². The second-order valence-electron chi connectivity index (χ2n) is 4.50. The van der Waals surface area contributed by atoms with E-state index in [9.17, 15) is 9.59 Å². The van der Waals surface area contributed by atoms with Crippen molar-refractivity contribution in [2.45, 2.75) is 13.5 Å². The van der Waals surface area contributed by atoms with Crippen molar-refractivity contribution < 1.29 is 14.7 Å². The Morgan fingerprint density at radius 2 is 1.95 bits per heavy atom. The number of hydrogen-bond acceptors (Lipinski definition) is 3. The Kier molecular flexibility index (Phi) is 3.84. The van der Waals surface area contributed by atoms with Crippen LogP contribution in [0.5, 0.6) is 0 Å². The van der Waals surface area contributed by atoms with E-state index in [4.69, 9.17) is 5.11 Å². The fraction of sp³-hybridized carbons (Fsp3) is 0.214. The fourth-order valence-electron chi connectivity index (χ4n) is 1.84. The molecule has 2 aromatic rings. The molecule has 104 valence electrons. The first-order valence-electron chi connectivity index (χ1n) is 6.08. The topological polar surface area (TPSA) is 84.2 Å². The zero-order valence-electron chi connectivity index (χ0n) is 11.3. The maximum Gasteiger partial charge on any atom is 0.339 e. The molecule has 0 fully saturated rings. The van der Waals surface area contributed by atoms with Gasteiger partial charge in [0.05, 0.1) is 6.20 Å². The Labute approximate surface area is 116 Å². The maximum absolute atomic E-state index is 12.1. The molecule has 2 N–H and O–H groups in total. The number of nitrogens with one attached hydrogen (secondary N) is 1. The van der Waals surface area contributed by atoms with Crippen LogP contribution in [0.15, 0.2) is 30.5 Å². The molecule has 0 aliphatic carbocycles. The van der Waals surface area contributed by atoms with Crippen LogP contribution in [0.4, 0.5) is 0 Å². The minimum atomic E-state index is -1.17. The Hall–Kier alpha value is -2.63. The predicted octanol–water partition coefficient (Wildman–Crippen LogP) is 1.36. The zero-order valence-corrected chi connectivity index (χ0v) is 11.3. The van der Waals surface area contributed by atoms with Crippen LogP contribution in [-0.4, -0.2) is 26.8 Å². The van der Waals surface area contributed by atoms with Crippen LogP contribution in [0.3, 0.4) is 0 Å². The van der Waals surface area contributed by atoms with Gasteiger partial charge in [0.25, 0.3) is 5.91 Å². The second kappa shape index (κ2) is 5.56. The highest BCUT2D eigenvalue weighted by Crippen LogP contribution is 2.08. The van der Waals surface area contributed by atoms with E-state index in [0.29, 0.717) is 6.54 Å². The Bertz CT molecular complexity index is 644. The molecule has 0 spiro atoms. The highest BCUT2D eigenvalue weighted by molar-refractivity contribution is 6.03. The van der Waals surface area contributed by atoms with Crippen LogP contribution in [0, 0.1) is 6.92 Å². The van der Waals surface area contributed by atoms with Gasteiger partial charge in [-0.15, -0.1) is 0 Å². The van der Waals surface area contributed by atoms with E-state index in [2.05, 4.69) is 10.4 Å². The molecule has 2 rings (SSSR count). The van der Waals surface area contributed by atoms with Crippen molar-refractivity contribution in [1.82, 2.24) is 15.1 Å². The lowest BCUT2D eigenvalue weighted by Gasteiger charge is -2.07. The van der Waals surface area contributed by atoms with Crippen LogP contribution < -0.4 is 5.32 Å². The van der Waals surface area contributed by atoms with Gasteiger partial charge in [-0.3, -0.25) is 9.48 Å². The molecule has 0 unspecified atom stereocenters. The van der Waals surface area contributed by atoms with Gasteiger partial charge in [-0.05, 0) is 12.5 Å². The van der Waals surface area contributed by atoms with Crippen LogP contribution in [0.25, 0.3) is 0 Å². The van der Waals surface area contributed by atoms with Gasteiger partial charge in [-0.25, -0.2) is 4.79 Å². The molecule has 1 heterocycles. The molecular weight excluding hydrogens is 258 g/mol. The number of carboxylic acids is 1. The smallest absolute Gasteiger partial charge is 0.339 e. The zero-order chi connectivity index (χ0) is 14.7. The molecule has 0 aliphatic heterocycles. The third-order valence-electron chi connectivity index (χ3n) is 2.96. The Morgan fingerprint density at radius 1 is 1.30 bits per heavy atom. The summed E-state index contributed by atoms with van der Waals surface area (Å²) in [5, 5.41) is 15.5. The molecule has 0 saturated carbocycles. The molecule has 1 amide bonds. The van der Waals surface area contributed by atoms with Crippen molar-refractivity contribution in [3.8, 4) is 0 Å². The van der Waals surface area contributed by atoms with E-state index < -0.39 is 11.9 Å². The highest BCUT2D eigenvalue weighted by Gasteiger charge is 2.21. The summed E-state index contributed by atoms with van der Waals surface area (Å²) in [6.45, 7) is 2.32. The van der Waals surface area contributed by atoms with Gasteiger partial charge >= 0.3 is 5.97 Å². The van der Waals surface area contributed by atoms with E-state index >= 15 is 0 Å². The Balaban J connectivity index is 2.11. The first kappa shape index (κ1) is 13.8. The number of aryl methyl sites for hydroxylation is 2. The lowest BCUT2D eigenvalue weighted by molar-refractivity contribution is 0.0690. The Morgan fingerprint density at radius 3 is 2.55 bits per heavy atom. The SMILES string of the molecule is Cc1ccc(CNC(=O)c2c(C(=O)O)cnn2C)cc1. The van der Waals surface area contributed by atoms with Crippen molar-refractivity contribution in [2.24, 2.45) is 7.05 Å². The molecule has 1 aromatic carbocycles. The average molecular weight is 273 g/mol. The number of rotatable bonds is 4.